The van der Waals surface area contributed by atoms with E-state index in [1.54, 1.807) is 4.90 Å². The van der Waals surface area contributed by atoms with Crippen molar-refractivity contribution in [2.45, 2.75) is 47.0 Å². The van der Waals surface area contributed by atoms with Crippen molar-refractivity contribution in [1.82, 2.24) is 9.47 Å². The van der Waals surface area contributed by atoms with Gasteiger partial charge in [0.1, 0.15) is 0 Å². The van der Waals surface area contributed by atoms with Gasteiger partial charge in [0.25, 0.3) is 5.91 Å². The summed E-state index contributed by atoms with van der Waals surface area (Å²) in [6, 6.07) is 18.7. The molecular formula is C28H30BrN3OS. The summed E-state index contributed by atoms with van der Waals surface area (Å²) >= 11 is 4.89. The molecule has 6 heteroatoms. The first-order valence-electron chi connectivity index (χ1n) is 11.4. The minimum atomic E-state index is 0.00250. The van der Waals surface area contributed by atoms with Gasteiger partial charge in [0.05, 0.1) is 10.6 Å². The third-order valence-corrected chi connectivity index (χ3v) is 7.54. The van der Waals surface area contributed by atoms with Crippen molar-refractivity contribution in [2.75, 3.05) is 6.54 Å². The molecule has 0 radical (unpaired) electrons. The van der Waals surface area contributed by atoms with E-state index in [9.17, 15) is 4.79 Å². The molecule has 0 saturated carbocycles. The number of likely N-dealkylation sites (N-methyl/N-ethyl adjacent to an activating group) is 1. The normalized spacial score (nSPS) is 16.8. The molecule has 1 aliphatic heterocycles. The number of halogens is 1. The summed E-state index contributed by atoms with van der Waals surface area (Å²) in [5.41, 5.74) is 6.69. The Bertz CT molecular complexity index is 1280. The summed E-state index contributed by atoms with van der Waals surface area (Å²) < 4.78 is 3.25. The molecule has 3 aromatic rings. The number of amidine groups is 1. The highest BCUT2D eigenvalue weighted by Crippen LogP contribution is 2.35. The Balaban J connectivity index is 1.67. The van der Waals surface area contributed by atoms with Gasteiger partial charge in [-0.15, -0.1) is 0 Å². The van der Waals surface area contributed by atoms with Crippen LogP contribution in [0.15, 0.2) is 69.0 Å². The third kappa shape index (κ3) is 4.93. The van der Waals surface area contributed by atoms with Crippen LogP contribution in [-0.4, -0.2) is 27.1 Å². The molecule has 1 aromatic heterocycles. The second-order valence-electron chi connectivity index (χ2n) is 9.49. The van der Waals surface area contributed by atoms with E-state index >= 15 is 0 Å². The Hall–Kier alpha value is -2.57. The van der Waals surface area contributed by atoms with E-state index < -0.39 is 0 Å². The van der Waals surface area contributed by atoms with E-state index in [2.05, 4.69) is 85.4 Å². The fourth-order valence-electron chi connectivity index (χ4n) is 4.08. The van der Waals surface area contributed by atoms with Gasteiger partial charge < -0.3 is 4.57 Å². The molecular weight excluding hydrogens is 506 g/mol. The number of nitrogens with zero attached hydrogens (tertiary/aromatic N) is 3. The largest absolute Gasteiger partial charge is 0.318 e. The molecule has 176 valence electrons. The highest BCUT2D eigenvalue weighted by atomic mass is 79.9. The van der Waals surface area contributed by atoms with Gasteiger partial charge in [-0.05, 0) is 97.6 Å². The summed E-state index contributed by atoms with van der Waals surface area (Å²) in [4.78, 5) is 20.3. The fourth-order valence-corrected chi connectivity index (χ4v) is 5.40. The number of aryl methyl sites for hydroxylation is 1. The molecule has 34 heavy (non-hydrogen) atoms. The predicted molar refractivity (Wildman–Crippen MR) is 148 cm³/mol. The van der Waals surface area contributed by atoms with Gasteiger partial charge in [0.15, 0.2) is 5.17 Å². The smallest absolute Gasteiger partial charge is 0.266 e. The molecule has 2 heterocycles. The van der Waals surface area contributed by atoms with Crippen LogP contribution in [0, 0.1) is 13.8 Å². The lowest BCUT2D eigenvalue weighted by molar-refractivity contribution is -0.122. The van der Waals surface area contributed by atoms with Crippen LogP contribution in [0.5, 0.6) is 0 Å². The number of aromatic nitrogens is 1. The summed E-state index contributed by atoms with van der Waals surface area (Å²) in [6.07, 6.45) is 2.00. The van der Waals surface area contributed by atoms with Crippen molar-refractivity contribution in [2.24, 2.45) is 4.99 Å². The number of hydrogen-bond donors (Lipinski definition) is 0. The Morgan fingerprint density at radius 3 is 2.26 bits per heavy atom. The second-order valence-corrected chi connectivity index (χ2v) is 11.4. The zero-order chi connectivity index (χ0) is 24.6. The summed E-state index contributed by atoms with van der Waals surface area (Å²) in [5, 5.41) is 0.715. The van der Waals surface area contributed by atoms with E-state index in [0.29, 0.717) is 16.6 Å². The molecule has 4 rings (SSSR count). The first-order valence-corrected chi connectivity index (χ1v) is 13.0. The number of thioether (sulfide) groups is 1. The van der Waals surface area contributed by atoms with Crippen LogP contribution in [0.25, 0.3) is 11.8 Å². The van der Waals surface area contributed by atoms with Crippen LogP contribution in [0.3, 0.4) is 0 Å². The van der Waals surface area contributed by atoms with Crippen LogP contribution in [-0.2, 0) is 10.2 Å². The van der Waals surface area contributed by atoms with Gasteiger partial charge in [-0.3, -0.25) is 9.69 Å². The van der Waals surface area contributed by atoms with Crippen LogP contribution >= 0.6 is 27.7 Å². The summed E-state index contributed by atoms with van der Waals surface area (Å²) in [7, 11) is 0. The van der Waals surface area contributed by atoms with E-state index in [1.807, 2.05) is 37.3 Å². The minimum Gasteiger partial charge on any atom is -0.318 e. The van der Waals surface area contributed by atoms with Crippen molar-refractivity contribution in [3.8, 4) is 5.69 Å². The first-order chi connectivity index (χ1) is 16.1. The molecule has 2 aromatic carbocycles. The van der Waals surface area contributed by atoms with Gasteiger partial charge in [-0.25, -0.2) is 4.99 Å². The third-order valence-electron chi connectivity index (χ3n) is 6.00. The molecule has 0 bridgehead atoms. The standard InChI is InChI=1S/C28H30BrN3OS/c1-7-31-26(33)25(34-27(31)30-23-12-10-22(29)11-13-23)17-20-16-18(2)32(19(20)3)24-14-8-21(9-15-24)28(4,5)6/h8-17H,7H2,1-6H3/b25-17-,30-27?. The average Bonchev–Trinajstić information content (AvgIpc) is 3.23. The van der Waals surface area contributed by atoms with Crippen LogP contribution < -0.4 is 0 Å². The van der Waals surface area contributed by atoms with Gasteiger partial charge in [-0.1, -0.05) is 48.8 Å². The van der Waals surface area contributed by atoms with E-state index in [4.69, 9.17) is 4.99 Å². The molecule has 0 spiro atoms. The zero-order valence-corrected chi connectivity index (χ0v) is 22.9. The highest BCUT2D eigenvalue weighted by molar-refractivity contribution is 9.10. The van der Waals surface area contributed by atoms with Crippen molar-refractivity contribution >= 4 is 50.5 Å². The van der Waals surface area contributed by atoms with Crippen molar-refractivity contribution in [3.05, 3.63) is 86.5 Å². The number of hydrogen-bond acceptors (Lipinski definition) is 3. The predicted octanol–water partition coefficient (Wildman–Crippen LogP) is 7.78. The van der Waals surface area contributed by atoms with Crippen molar-refractivity contribution in [1.29, 1.82) is 0 Å². The molecule has 1 saturated heterocycles. The maximum atomic E-state index is 13.1. The van der Waals surface area contributed by atoms with Gasteiger partial charge >= 0.3 is 0 Å². The maximum Gasteiger partial charge on any atom is 0.266 e. The number of carbonyl (C=O) groups is 1. The lowest BCUT2D eigenvalue weighted by Gasteiger charge is -2.20. The Morgan fingerprint density at radius 1 is 1.03 bits per heavy atom. The molecule has 0 aliphatic carbocycles. The molecule has 0 atom stereocenters. The molecule has 1 fully saturated rings. The molecule has 1 aliphatic rings. The maximum absolute atomic E-state index is 13.1. The number of aliphatic imine (C=N–C) groups is 1. The summed E-state index contributed by atoms with van der Waals surface area (Å²) in [5.74, 6) is 0.00250. The van der Waals surface area contributed by atoms with E-state index in [0.717, 1.165) is 32.8 Å². The van der Waals surface area contributed by atoms with Gasteiger partial charge in [-0.2, -0.15) is 0 Å². The van der Waals surface area contributed by atoms with Crippen LogP contribution in [0.2, 0.25) is 0 Å². The lowest BCUT2D eigenvalue weighted by atomic mass is 9.87. The second kappa shape index (κ2) is 9.59. The molecule has 0 unspecified atom stereocenters. The summed E-state index contributed by atoms with van der Waals surface area (Å²) in [6.45, 7) is 13.4. The van der Waals surface area contributed by atoms with E-state index in [-0.39, 0.29) is 11.3 Å². The Kier molecular flexibility index (Phi) is 6.92. The SMILES string of the molecule is CCN1C(=O)/C(=C/c2cc(C)n(-c3ccc(C(C)(C)C)cc3)c2C)SC1=Nc1ccc(Br)cc1. The van der Waals surface area contributed by atoms with Crippen LogP contribution in [0.1, 0.15) is 50.2 Å². The van der Waals surface area contributed by atoms with Crippen LogP contribution in [0.4, 0.5) is 5.69 Å². The Morgan fingerprint density at radius 2 is 1.68 bits per heavy atom. The number of rotatable bonds is 4. The number of amides is 1. The minimum absolute atomic E-state index is 0.00250. The fraction of sp³-hybridized carbons (Fsp3) is 0.286. The van der Waals surface area contributed by atoms with Crippen molar-refractivity contribution < 1.29 is 4.79 Å². The Labute approximate surface area is 214 Å². The quantitative estimate of drug-likeness (QED) is 0.320. The molecule has 1 amide bonds. The topological polar surface area (TPSA) is 37.6 Å². The highest BCUT2D eigenvalue weighted by Gasteiger charge is 2.32. The molecule has 4 nitrogen and oxygen atoms in total. The monoisotopic (exact) mass is 535 g/mol. The van der Waals surface area contributed by atoms with E-state index in [1.165, 1.54) is 17.3 Å². The van der Waals surface area contributed by atoms with Gasteiger partial charge in [0.2, 0.25) is 0 Å². The number of benzene rings is 2. The average molecular weight is 537 g/mol. The lowest BCUT2D eigenvalue weighted by Crippen LogP contribution is -2.28. The first kappa shape index (κ1) is 24.6. The van der Waals surface area contributed by atoms with Gasteiger partial charge in [0, 0.05) is 28.1 Å². The number of carbonyl (C=O) groups excluding carboxylic acids is 1. The van der Waals surface area contributed by atoms with Crippen molar-refractivity contribution in [3.63, 3.8) is 0 Å². The molecule has 0 N–H and O–H groups in total. The zero-order valence-electron chi connectivity index (χ0n) is 20.5.